The van der Waals surface area contributed by atoms with E-state index in [1.165, 1.54) is 23.9 Å². The van der Waals surface area contributed by atoms with E-state index < -0.39 is 10.9 Å². The van der Waals surface area contributed by atoms with Crippen LogP contribution in [0.3, 0.4) is 0 Å². The number of nitrogens with zero attached hydrogens (tertiary/aromatic N) is 2. The molecule has 1 aromatic heterocycles. The number of nitro groups is 1. The van der Waals surface area contributed by atoms with E-state index in [4.69, 9.17) is 0 Å². The molecule has 0 bridgehead atoms. The van der Waals surface area contributed by atoms with E-state index in [2.05, 4.69) is 4.74 Å². The molecule has 0 amide bonds. The molecule has 0 fully saturated rings. The van der Waals surface area contributed by atoms with Gasteiger partial charge in [0.1, 0.15) is 0 Å². The monoisotopic (exact) mass is 246 g/mol. The zero-order valence-corrected chi connectivity index (χ0v) is 9.57. The maximum atomic E-state index is 11.6. The van der Waals surface area contributed by atoms with Crippen LogP contribution in [-0.4, -0.2) is 22.6 Å². The summed E-state index contributed by atoms with van der Waals surface area (Å²) in [4.78, 5) is 21.9. The van der Waals surface area contributed by atoms with Crippen LogP contribution in [0.15, 0.2) is 42.6 Å². The molecule has 0 aliphatic carbocycles. The van der Waals surface area contributed by atoms with Crippen LogP contribution in [0.4, 0.5) is 5.69 Å². The Morgan fingerprint density at radius 2 is 1.94 bits per heavy atom. The number of hydrogen-bond acceptors (Lipinski definition) is 4. The minimum Gasteiger partial charge on any atom is -0.464 e. The Morgan fingerprint density at radius 3 is 2.50 bits per heavy atom. The third-order valence-corrected chi connectivity index (χ3v) is 2.47. The highest BCUT2D eigenvalue weighted by atomic mass is 16.6. The molecule has 0 atom stereocenters. The van der Waals surface area contributed by atoms with Crippen molar-refractivity contribution >= 4 is 11.7 Å². The standard InChI is InChI=1S/C12H10N2O4/c1-18-12(15)11-10(14(16)17)7-8-13(11)9-5-3-2-4-6-9/h2-8H,1H3. The van der Waals surface area contributed by atoms with Gasteiger partial charge in [0, 0.05) is 18.0 Å². The summed E-state index contributed by atoms with van der Waals surface area (Å²) in [6.07, 6.45) is 1.47. The summed E-state index contributed by atoms with van der Waals surface area (Å²) in [5.41, 5.74) is 0.297. The number of aromatic nitrogens is 1. The fraction of sp³-hybridized carbons (Fsp3) is 0.0833. The molecule has 18 heavy (non-hydrogen) atoms. The van der Waals surface area contributed by atoms with Gasteiger partial charge in [-0.3, -0.25) is 10.1 Å². The van der Waals surface area contributed by atoms with Crippen molar-refractivity contribution in [3.8, 4) is 5.69 Å². The van der Waals surface area contributed by atoms with Gasteiger partial charge < -0.3 is 9.30 Å². The lowest BCUT2D eigenvalue weighted by Crippen LogP contribution is -2.10. The highest BCUT2D eigenvalue weighted by molar-refractivity contribution is 5.93. The molecule has 1 aromatic carbocycles. The number of hydrogen-bond donors (Lipinski definition) is 0. The predicted octanol–water partition coefficient (Wildman–Crippen LogP) is 2.17. The van der Waals surface area contributed by atoms with Crippen molar-refractivity contribution < 1.29 is 14.5 Å². The van der Waals surface area contributed by atoms with E-state index in [1.54, 1.807) is 24.3 Å². The number of para-hydroxylation sites is 1. The van der Waals surface area contributed by atoms with E-state index in [9.17, 15) is 14.9 Å². The molecule has 0 aliphatic rings. The number of rotatable bonds is 3. The first-order chi connectivity index (χ1) is 8.65. The van der Waals surface area contributed by atoms with Gasteiger partial charge in [-0.2, -0.15) is 0 Å². The lowest BCUT2D eigenvalue weighted by Gasteiger charge is -2.06. The van der Waals surface area contributed by atoms with Gasteiger partial charge in [0.25, 0.3) is 0 Å². The lowest BCUT2D eigenvalue weighted by molar-refractivity contribution is -0.385. The SMILES string of the molecule is COC(=O)c1c([N+](=O)[O-])ccn1-c1ccccc1. The molecule has 0 unspecified atom stereocenters. The number of methoxy groups -OCH3 is 1. The van der Waals surface area contributed by atoms with Crippen LogP contribution in [0.25, 0.3) is 5.69 Å². The van der Waals surface area contributed by atoms with E-state index in [0.29, 0.717) is 5.69 Å². The van der Waals surface area contributed by atoms with Gasteiger partial charge in [0.15, 0.2) is 0 Å². The molecule has 6 heteroatoms. The summed E-state index contributed by atoms with van der Waals surface area (Å²) in [5.74, 6) is -0.740. The van der Waals surface area contributed by atoms with Crippen molar-refractivity contribution in [2.45, 2.75) is 0 Å². The average molecular weight is 246 g/mol. The van der Waals surface area contributed by atoms with Crippen molar-refractivity contribution in [2.75, 3.05) is 7.11 Å². The molecule has 1 heterocycles. The smallest absolute Gasteiger partial charge is 0.362 e. The second kappa shape index (κ2) is 4.70. The molecule has 2 aromatic rings. The largest absolute Gasteiger partial charge is 0.464 e. The summed E-state index contributed by atoms with van der Waals surface area (Å²) < 4.78 is 6.02. The van der Waals surface area contributed by atoms with Crippen LogP contribution < -0.4 is 0 Å². The zero-order valence-electron chi connectivity index (χ0n) is 9.57. The molecule has 0 saturated heterocycles. The number of ether oxygens (including phenoxy) is 1. The van der Waals surface area contributed by atoms with Crippen molar-refractivity contribution in [3.05, 3.63) is 58.4 Å². The molecule has 0 radical (unpaired) electrons. The fourth-order valence-electron chi connectivity index (χ4n) is 1.67. The molecule has 92 valence electrons. The summed E-state index contributed by atoms with van der Waals surface area (Å²) in [6.45, 7) is 0. The van der Waals surface area contributed by atoms with Gasteiger partial charge in [0.05, 0.1) is 12.0 Å². The highest BCUT2D eigenvalue weighted by Crippen LogP contribution is 2.24. The number of benzene rings is 1. The zero-order chi connectivity index (χ0) is 13.1. The third-order valence-electron chi connectivity index (χ3n) is 2.47. The first kappa shape index (κ1) is 11.8. The second-order valence-corrected chi connectivity index (χ2v) is 3.50. The highest BCUT2D eigenvalue weighted by Gasteiger charge is 2.26. The molecular weight excluding hydrogens is 236 g/mol. The van der Waals surface area contributed by atoms with Crippen LogP contribution in [0.2, 0.25) is 0 Å². The van der Waals surface area contributed by atoms with Crippen LogP contribution in [0.5, 0.6) is 0 Å². The van der Waals surface area contributed by atoms with Crippen LogP contribution in [-0.2, 0) is 4.74 Å². The second-order valence-electron chi connectivity index (χ2n) is 3.50. The third kappa shape index (κ3) is 1.95. The van der Waals surface area contributed by atoms with Gasteiger partial charge in [-0.1, -0.05) is 18.2 Å². The molecule has 6 nitrogen and oxygen atoms in total. The molecule has 0 spiro atoms. The average Bonchev–Trinajstić information content (AvgIpc) is 2.83. The first-order valence-corrected chi connectivity index (χ1v) is 5.14. The number of carbonyl (C=O) groups is 1. The Kier molecular flexibility index (Phi) is 3.09. The van der Waals surface area contributed by atoms with E-state index in [-0.39, 0.29) is 11.4 Å². The fourth-order valence-corrected chi connectivity index (χ4v) is 1.67. The topological polar surface area (TPSA) is 74.4 Å². The summed E-state index contributed by atoms with van der Waals surface area (Å²) in [7, 11) is 1.19. The van der Waals surface area contributed by atoms with Gasteiger partial charge in [-0.15, -0.1) is 0 Å². The molecule has 0 saturated carbocycles. The van der Waals surface area contributed by atoms with Crippen molar-refractivity contribution in [3.63, 3.8) is 0 Å². The van der Waals surface area contributed by atoms with Crippen molar-refractivity contribution in [1.82, 2.24) is 4.57 Å². The summed E-state index contributed by atoms with van der Waals surface area (Å²) in [5, 5.41) is 10.9. The Labute approximate surface area is 103 Å². The predicted molar refractivity (Wildman–Crippen MR) is 63.8 cm³/mol. The minimum absolute atomic E-state index is 0.0892. The Bertz CT molecular complexity index is 589. The molecule has 0 N–H and O–H groups in total. The quantitative estimate of drug-likeness (QED) is 0.472. The van der Waals surface area contributed by atoms with Gasteiger partial charge >= 0.3 is 11.7 Å². The van der Waals surface area contributed by atoms with Crippen LogP contribution >= 0.6 is 0 Å². The van der Waals surface area contributed by atoms with Gasteiger partial charge in [0.2, 0.25) is 5.69 Å². The lowest BCUT2D eigenvalue weighted by atomic mass is 10.3. The maximum Gasteiger partial charge on any atom is 0.362 e. The molecular formula is C12H10N2O4. The summed E-state index contributed by atoms with van der Waals surface area (Å²) >= 11 is 0. The molecule has 2 rings (SSSR count). The Balaban J connectivity index is 2.62. The first-order valence-electron chi connectivity index (χ1n) is 5.14. The number of esters is 1. The Hall–Kier alpha value is -2.63. The normalized spacial score (nSPS) is 10.1. The van der Waals surface area contributed by atoms with E-state index in [0.717, 1.165) is 0 Å². The van der Waals surface area contributed by atoms with Crippen LogP contribution in [0.1, 0.15) is 10.5 Å². The van der Waals surface area contributed by atoms with Crippen LogP contribution in [0, 0.1) is 10.1 Å². The maximum absolute atomic E-state index is 11.6. The van der Waals surface area contributed by atoms with E-state index >= 15 is 0 Å². The Morgan fingerprint density at radius 1 is 1.28 bits per heavy atom. The van der Waals surface area contributed by atoms with Gasteiger partial charge in [-0.25, -0.2) is 4.79 Å². The minimum atomic E-state index is -0.740. The van der Waals surface area contributed by atoms with Gasteiger partial charge in [-0.05, 0) is 12.1 Å². The summed E-state index contributed by atoms with van der Waals surface area (Å²) in [6, 6.07) is 10.1. The van der Waals surface area contributed by atoms with E-state index in [1.807, 2.05) is 6.07 Å². The van der Waals surface area contributed by atoms with Crippen molar-refractivity contribution in [2.24, 2.45) is 0 Å². The molecule has 0 aliphatic heterocycles. The number of carbonyl (C=O) groups excluding carboxylic acids is 1. The van der Waals surface area contributed by atoms with Crippen molar-refractivity contribution in [1.29, 1.82) is 0 Å².